The maximum absolute atomic E-state index is 12.8. The summed E-state index contributed by atoms with van der Waals surface area (Å²) < 4.78 is 0.729. The summed E-state index contributed by atoms with van der Waals surface area (Å²) in [6.07, 6.45) is 13.5. The first-order valence-electron chi connectivity index (χ1n) is 10.3. The van der Waals surface area contributed by atoms with E-state index in [9.17, 15) is 10.0 Å². The zero-order valence-corrected chi connectivity index (χ0v) is 15.7. The van der Waals surface area contributed by atoms with Crippen molar-refractivity contribution in [3.8, 4) is 0 Å². The van der Waals surface area contributed by atoms with E-state index >= 15 is 0 Å². The Morgan fingerprint density at radius 1 is 1.08 bits per heavy atom. The average molecular weight is 357 g/mol. The van der Waals surface area contributed by atoms with Crippen LogP contribution in [0.25, 0.3) is 0 Å². The second-order valence-electron chi connectivity index (χ2n) is 8.77. The monoisotopic (exact) mass is 357 g/mol. The van der Waals surface area contributed by atoms with Gasteiger partial charge in [-0.15, -0.1) is 0 Å². The molecule has 142 valence electrons. The van der Waals surface area contributed by atoms with Gasteiger partial charge in [0.15, 0.2) is 12.4 Å². The van der Waals surface area contributed by atoms with Crippen LogP contribution in [0, 0.1) is 16.5 Å². The summed E-state index contributed by atoms with van der Waals surface area (Å²) in [6.45, 7) is 5.37. The lowest BCUT2D eigenvalue weighted by Gasteiger charge is -2.42. The van der Waals surface area contributed by atoms with Crippen molar-refractivity contribution in [2.75, 3.05) is 32.7 Å². The van der Waals surface area contributed by atoms with Gasteiger partial charge in [-0.25, -0.2) is 0 Å². The summed E-state index contributed by atoms with van der Waals surface area (Å²) in [6, 6.07) is 3.27. The highest BCUT2D eigenvalue weighted by atomic mass is 16.5. The van der Waals surface area contributed by atoms with Gasteiger partial charge in [0, 0.05) is 43.7 Å². The van der Waals surface area contributed by atoms with Gasteiger partial charge in [0.1, 0.15) is 0 Å². The van der Waals surface area contributed by atoms with Crippen LogP contribution in [0.3, 0.4) is 0 Å². The quantitative estimate of drug-likeness (QED) is 0.617. The molecule has 1 saturated carbocycles. The van der Waals surface area contributed by atoms with E-state index in [2.05, 4.69) is 4.90 Å². The number of carbonyl (C=O) groups excluding carboxylic acids is 1. The first kappa shape index (κ1) is 17.8. The Balaban J connectivity index is 1.36. The molecule has 3 fully saturated rings. The van der Waals surface area contributed by atoms with Gasteiger partial charge in [-0.2, -0.15) is 4.73 Å². The van der Waals surface area contributed by atoms with E-state index in [1.54, 1.807) is 12.1 Å². The van der Waals surface area contributed by atoms with Crippen molar-refractivity contribution in [1.29, 1.82) is 0 Å². The number of pyridine rings is 1. The molecular weight excluding hydrogens is 326 g/mol. The largest absolute Gasteiger partial charge is 0.619 e. The third-order valence-electron chi connectivity index (χ3n) is 6.76. The smallest absolute Gasteiger partial charge is 0.254 e. The Labute approximate surface area is 156 Å². The van der Waals surface area contributed by atoms with Crippen LogP contribution >= 0.6 is 0 Å². The standard InChI is InChI=1S/C21H31N3O2/c25-20(19-7-12-24(26)13-8-19)23-14-10-21(17-23)9-4-11-22(16-21)15-18-5-2-1-3-6-18/h7-8,12-13,18H,1-6,9-11,14-17H2. The molecule has 0 N–H and O–H groups in total. The van der Waals surface area contributed by atoms with Gasteiger partial charge in [-0.05, 0) is 44.6 Å². The number of amides is 1. The van der Waals surface area contributed by atoms with Crippen molar-refractivity contribution in [2.24, 2.45) is 11.3 Å². The number of likely N-dealkylation sites (tertiary alicyclic amines) is 2. The Kier molecular flexibility index (Phi) is 5.16. The summed E-state index contributed by atoms with van der Waals surface area (Å²) in [5, 5.41) is 11.2. The minimum absolute atomic E-state index is 0.0758. The van der Waals surface area contributed by atoms with Gasteiger partial charge < -0.3 is 15.0 Å². The van der Waals surface area contributed by atoms with E-state index < -0.39 is 0 Å². The molecule has 1 aromatic rings. The van der Waals surface area contributed by atoms with Crippen LogP contribution in [-0.2, 0) is 0 Å². The number of piperidine rings is 1. The highest BCUT2D eigenvalue weighted by Gasteiger charge is 2.43. The van der Waals surface area contributed by atoms with Crippen molar-refractivity contribution in [3.05, 3.63) is 35.3 Å². The number of aromatic nitrogens is 1. The lowest BCUT2D eigenvalue weighted by Crippen LogP contribution is -2.47. The zero-order valence-electron chi connectivity index (χ0n) is 15.7. The molecule has 2 aliphatic heterocycles. The second-order valence-corrected chi connectivity index (χ2v) is 8.77. The summed E-state index contributed by atoms with van der Waals surface area (Å²) in [5.41, 5.74) is 0.916. The molecule has 1 atom stereocenters. The van der Waals surface area contributed by atoms with Crippen LogP contribution in [0.5, 0.6) is 0 Å². The third-order valence-corrected chi connectivity index (χ3v) is 6.76. The SMILES string of the molecule is O=C(c1cc[n+]([O-])cc1)N1CCC2(CCCN(CC3CCCCC3)C2)C1. The van der Waals surface area contributed by atoms with Gasteiger partial charge in [0.2, 0.25) is 0 Å². The summed E-state index contributed by atoms with van der Waals surface area (Å²) in [7, 11) is 0. The highest BCUT2D eigenvalue weighted by molar-refractivity contribution is 5.94. The number of nitrogens with zero attached hydrogens (tertiary/aromatic N) is 3. The topological polar surface area (TPSA) is 50.5 Å². The van der Waals surface area contributed by atoms with E-state index in [0.29, 0.717) is 5.56 Å². The normalized spacial score (nSPS) is 27.9. The molecule has 1 amide bonds. The Morgan fingerprint density at radius 3 is 2.62 bits per heavy atom. The molecule has 5 nitrogen and oxygen atoms in total. The number of carbonyl (C=O) groups is 1. The van der Waals surface area contributed by atoms with Crippen LogP contribution in [-0.4, -0.2) is 48.4 Å². The van der Waals surface area contributed by atoms with Crippen LogP contribution < -0.4 is 4.73 Å². The van der Waals surface area contributed by atoms with Crippen molar-refractivity contribution in [1.82, 2.24) is 9.80 Å². The third kappa shape index (κ3) is 3.88. The molecule has 0 aromatic carbocycles. The lowest BCUT2D eigenvalue weighted by molar-refractivity contribution is -0.605. The molecule has 1 aromatic heterocycles. The summed E-state index contributed by atoms with van der Waals surface area (Å²) in [4.78, 5) is 17.5. The van der Waals surface area contributed by atoms with Gasteiger partial charge in [-0.1, -0.05) is 19.3 Å². The molecular formula is C21H31N3O2. The minimum atomic E-state index is 0.0758. The van der Waals surface area contributed by atoms with Crippen molar-refractivity contribution >= 4 is 5.91 Å². The fraction of sp³-hybridized carbons (Fsp3) is 0.714. The molecule has 5 heteroatoms. The zero-order chi connectivity index (χ0) is 18.0. The Bertz CT molecular complexity index is 627. The number of rotatable bonds is 3. The first-order chi connectivity index (χ1) is 12.6. The second kappa shape index (κ2) is 7.55. The molecule has 1 aliphatic carbocycles. The van der Waals surface area contributed by atoms with Gasteiger partial charge in [0.05, 0.1) is 5.56 Å². The number of hydrogen-bond acceptors (Lipinski definition) is 3. The van der Waals surface area contributed by atoms with Gasteiger partial charge in [-0.3, -0.25) is 4.79 Å². The van der Waals surface area contributed by atoms with Crippen LogP contribution in [0.4, 0.5) is 0 Å². The maximum Gasteiger partial charge on any atom is 0.254 e. The van der Waals surface area contributed by atoms with E-state index in [1.165, 1.54) is 70.4 Å². The van der Waals surface area contributed by atoms with Crippen molar-refractivity contribution < 1.29 is 9.52 Å². The van der Waals surface area contributed by atoms with E-state index in [1.807, 2.05) is 4.90 Å². The van der Waals surface area contributed by atoms with Crippen molar-refractivity contribution in [2.45, 2.75) is 51.4 Å². The lowest BCUT2D eigenvalue weighted by atomic mass is 9.78. The predicted molar refractivity (Wildman–Crippen MR) is 101 cm³/mol. The minimum Gasteiger partial charge on any atom is -0.619 e. The average Bonchev–Trinajstić information content (AvgIpc) is 3.06. The first-order valence-corrected chi connectivity index (χ1v) is 10.3. The molecule has 0 radical (unpaired) electrons. The summed E-state index contributed by atoms with van der Waals surface area (Å²) in [5.74, 6) is 0.966. The van der Waals surface area contributed by atoms with Crippen LogP contribution in [0.2, 0.25) is 0 Å². The Hall–Kier alpha value is -1.62. The molecule has 3 aliphatic rings. The molecule has 3 heterocycles. The fourth-order valence-electron chi connectivity index (χ4n) is 5.38. The van der Waals surface area contributed by atoms with Crippen LogP contribution in [0.1, 0.15) is 61.7 Å². The molecule has 26 heavy (non-hydrogen) atoms. The van der Waals surface area contributed by atoms with Crippen molar-refractivity contribution in [3.63, 3.8) is 0 Å². The Morgan fingerprint density at radius 2 is 1.85 bits per heavy atom. The molecule has 0 bridgehead atoms. The molecule has 4 rings (SSSR count). The van der Waals surface area contributed by atoms with E-state index in [-0.39, 0.29) is 11.3 Å². The van der Waals surface area contributed by atoms with Gasteiger partial charge >= 0.3 is 0 Å². The van der Waals surface area contributed by atoms with Gasteiger partial charge in [0.25, 0.3) is 5.91 Å². The number of hydrogen-bond donors (Lipinski definition) is 0. The fourth-order valence-corrected chi connectivity index (χ4v) is 5.38. The molecule has 1 spiro atoms. The molecule has 1 unspecified atom stereocenters. The maximum atomic E-state index is 12.8. The predicted octanol–water partition coefficient (Wildman–Crippen LogP) is 2.83. The van der Waals surface area contributed by atoms with E-state index in [4.69, 9.17) is 0 Å². The van der Waals surface area contributed by atoms with E-state index in [0.717, 1.165) is 36.7 Å². The summed E-state index contributed by atoms with van der Waals surface area (Å²) >= 11 is 0. The molecule has 2 saturated heterocycles. The van der Waals surface area contributed by atoms with Crippen LogP contribution in [0.15, 0.2) is 24.5 Å². The highest BCUT2D eigenvalue weighted by Crippen LogP contribution is 2.40.